The van der Waals surface area contributed by atoms with Crippen LogP contribution in [0, 0.1) is 12.8 Å². The van der Waals surface area contributed by atoms with Crippen molar-refractivity contribution in [2.24, 2.45) is 5.92 Å². The van der Waals surface area contributed by atoms with E-state index in [0.717, 1.165) is 28.3 Å². The fourth-order valence-corrected chi connectivity index (χ4v) is 3.98. The Labute approximate surface area is 171 Å². The van der Waals surface area contributed by atoms with Gasteiger partial charge in [-0.3, -0.25) is 10.1 Å². The zero-order valence-corrected chi connectivity index (χ0v) is 17.3. The number of nitrogens with one attached hydrogen (secondary N) is 1. The molecule has 0 spiro atoms. The molecule has 2 heterocycles. The van der Waals surface area contributed by atoms with Gasteiger partial charge in [-0.05, 0) is 49.2 Å². The number of ketones is 1. The molecule has 9 heteroatoms. The Kier molecular flexibility index (Phi) is 5.63. The van der Waals surface area contributed by atoms with Gasteiger partial charge in [-0.1, -0.05) is 30.4 Å². The van der Waals surface area contributed by atoms with E-state index in [4.69, 9.17) is 0 Å². The number of anilines is 2. The van der Waals surface area contributed by atoms with Crippen LogP contribution < -0.4 is 5.32 Å². The zero-order chi connectivity index (χ0) is 19.5. The van der Waals surface area contributed by atoms with Gasteiger partial charge in [0.2, 0.25) is 11.1 Å². The molecule has 1 fully saturated rings. The Morgan fingerprint density at radius 1 is 1.18 bits per heavy atom. The average Bonchev–Trinajstić information content (AvgIpc) is 3.46. The number of nitrogens with zero attached hydrogens (tertiary/aromatic N) is 5. The summed E-state index contributed by atoms with van der Waals surface area (Å²) in [5.74, 6) is 1.84. The van der Waals surface area contributed by atoms with Crippen LogP contribution in [0.15, 0.2) is 34.3 Å². The summed E-state index contributed by atoms with van der Waals surface area (Å²) in [6.07, 6.45) is 3.34. The molecule has 0 atom stereocenters. The largest absolute Gasteiger partial charge is 0.299 e. The molecule has 3 aromatic rings. The molecule has 0 unspecified atom stereocenters. The number of carbonyl (C=O) groups is 1. The third kappa shape index (κ3) is 4.90. The summed E-state index contributed by atoms with van der Waals surface area (Å²) in [5, 5.41) is 13.3. The summed E-state index contributed by atoms with van der Waals surface area (Å²) in [4.78, 5) is 26.4. The minimum absolute atomic E-state index is 0.300. The minimum Gasteiger partial charge on any atom is -0.299 e. The minimum atomic E-state index is 0.300. The predicted molar refractivity (Wildman–Crippen MR) is 109 cm³/mol. The standard InChI is InChI=1S/C19H20N6OS2/c1-3-16-20-17(23-19-25-24-11(2)27-19)22-18(21-16)28-14-8-4-12(5-9-14)10-15(26)13-6-7-13/h4-5,8-9,13H,3,6-7,10H2,1-2H3,(H,20,21,22,23,25). The van der Waals surface area contributed by atoms with E-state index in [1.807, 2.05) is 38.1 Å². The van der Waals surface area contributed by atoms with E-state index in [9.17, 15) is 4.79 Å². The Morgan fingerprint density at radius 3 is 2.61 bits per heavy atom. The first-order chi connectivity index (χ1) is 13.6. The molecule has 2 aromatic heterocycles. The second-order valence-corrected chi connectivity index (χ2v) is 8.85. The molecule has 4 rings (SSSR count). The number of aromatic nitrogens is 5. The molecule has 1 aliphatic rings. The molecule has 28 heavy (non-hydrogen) atoms. The van der Waals surface area contributed by atoms with Crippen LogP contribution in [0.1, 0.15) is 36.2 Å². The molecule has 0 bridgehead atoms. The summed E-state index contributed by atoms with van der Waals surface area (Å²) in [6.45, 7) is 3.91. The molecule has 7 nitrogen and oxygen atoms in total. The van der Waals surface area contributed by atoms with Crippen molar-refractivity contribution in [3.8, 4) is 0 Å². The number of hydrogen-bond acceptors (Lipinski definition) is 9. The summed E-state index contributed by atoms with van der Waals surface area (Å²) in [5.41, 5.74) is 1.06. The van der Waals surface area contributed by atoms with Crippen molar-refractivity contribution in [1.29, 1.82) is 0 Å². The van der Waals surface area contributed by atoms with Crippen LogP contribution in [-0.4, -0.2) is 30.9 Å². The molecule has 1 aliphatic carbocycles. The second kappa shape index (κ2) is 8.32. The smallest absolute Gasteiger partial charge is 0.233 e. The number of carbonyl (C=O) groups excluding carboxylic acids is 1. The average molecular weight is 413 g/mol. The highest BCUT2D eigenvalue weighted by molar-refractivity contribution is 7.99. The molecule has 0 radical (unpaired) electrons. The topological polar surface area (TPSA) is 93.5 Å². The van der Waals surface area contributed by atoms with Crippen molar-refractivity contribution in [3.63, 3.8) is 0 Å². The van der Waals surface area contributed by atoms with Gasteiger partial charge in [-0.15, -0.1) is 10.2 Å². The lowest BCUT2D eigenvalue weighted by Gasteiger charge is -2.07. The highest BCUT2D eigenvalue weighted by atomic mass is 32.2. The van der Waals surface area contributed by atoms with Gasteiger partial charge in [0.15, 0.2) is 5.16 Å². The normalized spacial score (nSPS) is 13.5. The fourth-order valence-electron chi connectivity index (χ4n) is 2.63. The van der Waals surface area contributed by atoms with E-state index < -0.39 is 0 Å². The van der Waals surface area contributed by atoms with Crippen molar-refractivity contribution in [3.05, 3.63) is 40.7 Å². The van der Waals surface area contributed by atoms with Gasteiger partial charge in [-0.2, -0.15) is 9.97 Å². The first kappa shape index (κ1) is 18.9. The number of Topliss-reactive ketones (excluding diaryl/α,β-unsaturated/α-hetero) is 1. The maximum absolute atomic E-state index is 12.0. The summed E-state index contributed by atoms with van der Waals surface area (Å²) < 4.78 is 0. The Hall–Kier alpha value is -2.39. The molecule has 1 N–H and O–H groups in total. The SMILES string of the molecule is CCc1nc(Nc2nnc(C)s2)nc(Sc2ccc(CC(=O)C3CC3)cc2)n1. The third-order valence-electron chi connectivity index (χ3n) is 4.27. The first-order valence-corrected chi connectivity index (χ1v) is 10.8. The van der Waals surface area contributed by atoms with E-state index in [1.165, 1.54) is 23.1 Å². The zero-order valence-electron chi connectivity index (χ0n) is 15.7. The van der Waals surface area contributed by atoms with Gasteiger partial charge in [0, 0.05) is 23.7 Å². The van der Waals surface area contributed by atoms with E-state index in [1.54, 1.807) is 0 Å². The lowest BCUT2D eigenvalue weighted by atomic mass is 10.1. The highest BCUT2D eigenvalue weighted by Gasteiger charge is 2.28. The maximum atomic E-state index is 12.0. The van der Waals surface area contributed by atoms with Crippen LogP contribution in [0.3, 0.4) is 0 Å². The molecular formula is C19H20N6OS2. The number of benzene rings is 1. The van der Waals surface area contributed by atoms with Gasteiger partial charge in [0.1, 0.15) is 16.6 Å². The predicted octanol–water partition coefficient (Wildman–Crippen LogP) is 4.01. The maximum Gasteiger partial charge on any atom is 0.233 e. The van der Waals surface area contributed by atoms with Gasteiger partial charge in [0.05, 0.1) is 0 Å². The van der Waals surface area contributed by atoms with Crippen molar-refractivity contribution in [2.45, 2.75) is 49.6 Å². The van der Waals surface area contributed by atoms with Crippen LogP contribution in [0.2, 0.25) is 0 Å². The molecule has 0 saturated heterocycles. The Bertz CT molecular complexity index is 984. The summed E-state index contributed by atoms with van der Waals surface area (Å²) >= 11 is 2.92. The van der Waals surface area contributed by atoms with E-state index in [0.29, 0.717) is 46.6 Å². The molecule has 0 amide bonds. The molecular weight excluding hydrogens is 392 g/mol. The third-order valence-corrected chi connectivity index (χ3v) is 5.89. The van der Waals surface area contributed by atoms with Crippen LogP contribution in [0.25, 0.3) is 0 Å². The molecule has 1 saturated carbocycles. The van der Waals surface area contributed by atoms with Crippen molar-refractivity contribution in [2.75, 3.05) is 5.32 Å². The second-order valence-electron chi connectivity index (χ2n) is 6.63. The number of hydrogen-bond donors (Lipinski definition) is 1. The van der Waals surface area contributed by atoms with E-state index >= 15 is 0 Å². The molecule has 1 aromatic carbocycles. The molecule has 0 aliphatic heterocycles. The fraction of sp³-hybridized carbons (Fsp3) is 0.368. The van der Waals surface area contributed by atoms with Gasteiger partial charge >= 0.3 is 0 Å². The lowest BCUT2D eigenvalue weighted by Crippen LogP contribution is -2.05. The Morgan fingerprint density at radius 2 is 1.96 bits per heavy atom. The summed E-state index contributed by atoms with van der Waals surface area (Å²) in [7, 11) is 0. The van der Waals surface area contributed by atoms with Gasteiger partial charge in [-0.25, -0.2) is 4.98 Å². The van der Waals surface area contributed by atoms with Gasteiger partial charge < -0.3 is 0 Å². The van der Waals surface area contributed by atoms with Crippen LogP contribution >= 0.6 is 23.1 Å². The van der Waals surface area contributed by atoms with Crippen LogP contribution in [-0.2, 0) is 17.6 Å². The lowest BCUT2D eigenvalue weighted by molar-refractivity contribution is -0.119. The Balaban J connectivity index is 1.47. The van der Waals surface area contributed by atoms with E-state index in [2.05, 4.69) is 30.5 Å². The quantitative estimate of drug-likeness (QED) is 0.593. The van der Waals surface area contributed by atoms with Crippen LogP contribution in [0.4, 0.5) is 11.1 Å². The monoisotopic (exact) mass is 412 g/mol. The molecule has 144 valence electrons. The number of aryl methyl sites for hydroxylation is 2. The highest BCUT2D eigenvalue weighted by Crippen LogP contribution is 2.31. The number of rotatable bonds is 8. The summed E-state index contributed by atoms with van der Waals surface area (Å²) in [6, 6.07) is 8.04. The van der Waals surface area contributed by atoms with Gasteiger partial charge in [0.25, 0.3) is 0 Å². The van der Waals surface area contributed by atoms with Crippen LogP contribution in [0.5, 0.6) is 0 Å². The van der Waals surface area contributed by atoms with Crippen molar-refractivity contribution >= 4 is 40.0 Å². The van der Waals surface area contributed by atoms with E-state index in [-0.39, 0.29) is 0 Å². The van der Waals surface area contributed by atoms with Crippen molar-refractivity contribution in [1.82, 2.24) is 25.1 Å². The first-order valence-electron chi connectivity index (χ1n) is 9.20. The van der Waals surface area contributed by atoms with Crippen molar-refractivity contribution < 1.29 is 4.79 Å².